The first-order valence-electron chi connectivity index (χ1n) is 6.91. The molecule has 1 aromatic rings. The Bertz CT molecular complexity index is 415. The van der Waals surface area contributed by atoms with Gasteiger partial charge >= 0.3 is 0 Å². The van der Waals surface area contributed by atoms with Crippen LogP contribution in [0, 0.1) is 0 Å². The minimum Gasteiger partial charge on any atom is -0.372 e. The minimum absolute atomic E-state index is 0.788. The normalized spacial score (nSPS) is 18.3. The molecule has 0 saturated heterocycles. The summed E-state index contributed by atoms with van der Waals surface area (Å²) in [7, 11) is 2.19. The van der Waals surface area contributed by atoms with E-state index in [4.69, 9.17) is 4.74 Å². The van der Waals surface area contributed by atoms with Crippen molar-refractivity contribution >= 4 is 0 Å². The van der Waals surface area contributed by atoms with Crippen molar-refractivity contribution in [3.63, 3.8) is 0 Å². The summed E-state index contributed by atoms with van der Waals surface area (Å²) in [5, 5.41) is 3.55. The molecule has 3 nitrogen and oxygen atoms in total. The average molecular weight is 246 g/mol. The van der Waals surface area contributed by atoms with E-state index in [2.05, 4.69) is 35.5 Å². The summed E-state index contributed by atoms with van der Waals surface area (Å²) in [5.74, 6) is 0. The quantitative estimate of drug-likeness (QED) is 0.829. The predicted molar refractivity (Wildman–Crippen MR) is 72.3 cm³/mol. The lowest BCUT2D eigenvalue weighted by Gasteiger charge is -2.17. The summed E-state index contributed by atoms with van der Waals surface area (Å²) in [6.07, 6.45) is 2.74. The highest BCUT2D eigenvalue weighted by Gasteiger charge is 2.19. The Morgan fingerprint density at radius 3 is 2.94 bits per heavy atom. The van der Waals surface area contributed by atoms with Gasteiger partial charge in [0.25, 0.3) is 0 Å². The van der Waals surface area contributed by atoms with Crippen LogP contribution in [0.4, 0.5) is 0 Å². The molecule has 1 saturated carbocycles. The smallest absolute Gasteiger partial charge is 0.0725 e. The second-order valence-corrected chi connectivity index (χ2v) is 5.56. The van der Waals surface area contributed by atoms with E-state index in [9.17, 15) is 0 Å². The topological polar surface area (TPSA) is 24.5 Å². The van der Waals surface area contributed by atoms with Gasteiger partial charge in [0, 0.05) is 25.7 Å². The number of benzene rings is 1. The molecule has 1 aliphatic carbocycles. The molecular weight excluding hydrogens is 224 g/mol. The van der Waals surface area contributed by atoms with Crippen LogP contribution in [0.5, 0.6) is 0 Å². The van der Waals surface area contributed by atoms with E-state index < -0.39 is 0 Å². The Labute approximate surface area is 109 Å². The van der Waals surface area contributed by atoms with Gasteiger partial charge in [-0.2, -0.15) is 0 Å². The number of ether oxygens (including phenoxy) is 1. The highest BCUT2D eigenvalue weighted by molar-refractivity contribution is 5.33. The van der Waals surface area contributed by atoms with Gasteiger partial charge in [-0.15, -0.1) is 0 Å². The summed E-state index contributed by atoms with van der Waals surface area (Å²) < 4.78 is 5.45. The van der Waals surface area contributed by atoms with Crippen molar-refractivity contribution in [2.75, 3.05) is 20.1 Å². The van der Waals surface area contributed by atoms with Crippen molar-refractivity contribution in [2.45, 2.75) is 38.6 Å². The number of likely N-dealkylation sites (N-methyl/N-ethyl adjacent to an activating group) is 1. The van der Waals surface area contributed by atoms with Crippen LogP contribution in [-0.2, 0) is 24.5 Å². The van der Waals surface area contributed by atoms with E-state index >= 15 is 0 Å². The van der Waals surface area contributed by atoms with Gasteiger partial charge in [0.1, 0.15) is 0 Å². The molecule has 1 aliphatic heterocycles. The minimum atomic E-state index is 0.788. The summed E-state index contributed by atoms with van der Waals surface area (Å²) in [6.45, 7) is 4.83. The zero-order valence-corrected chi connectivity index (χ0v) is 11.1. The molecule has 98 valence electrons. The van der Waals surface area contributed by atoms with Crippen LogP contribution in [0.3, 0.4) is 0 Å². The van der Waals surface area contributed by atoms with Crippen LogP contribution in [0.1, 0.15) is 29.5 Å². The van der Waals surface area contributed by atoms with Gasteiger partial charge in [-0.25, -0.2) is 0 Å². The molecule has 0 spiro atoms. The van der Waals surface area contributed by atoms with Crippen LogP contribution >= 0.6 is 0 Å². The maximum Gasteiger partial charge on any atom is 0.0725 e. The summed E-state index contributed by atoms with van der Waals surface area (Å²) >= 11 is 0. The Morgan fingerprint density at radius 1 is 1.28 bits per heavy atom. The fourth-order valence-corrected chi connectivity index (χ4v) is 2.46. The van der Waals surface area contributed by atoms with Crippen molar-refractivity contribution < 1.29 is 4.74 Å². The highest BCUT2D eigenvalue weighted by Crippen LogP contribution is 2.21. The van der Waals surface area contributed by atoms with Crippen LogP contribution < -0.4 is 5.32 Å². The highest BCUT2D eigenvalue weighted by atomic mass is 16.5. The second kappa shape index (κ2) is 5.39. The zero-order valence-electron chi connectivity index (χ0n) is 11.1. The molecule has 3 rings (SSSR count). The van der Waals surface area contributed by atoms with Gasteiger partial charge in [0.2, 0.25) is 0 Å². The molecule has 2 aliphatic rings. The average Bonchev–Trinajstić information content (AvgIpc) is 3.06. The van der Waals surface area contributed by atoms with Gasteiger partial charge in [0.05, 0.1) is 13.2 Å². The molecule has 0 atom stereocenters. The molecule has 3 heteroatoms. The predicted octanol–water partition coefficient (Wildman–Crippen LogP) is 1.90. The first-order chi connectivity index (χ1) is 8.81. The third-order valence-corrected chi connectivity index (χ3v) is 3.74. The molecular formula is C15H22N2O. The Kier molecular flexibility index (Phi) is 3.64. The number of hydrogen-bond acceptors (Lipinski definition) is 3. The molecule has 0 radical (unpaired) electrons. The van der Waals surface area contributed by atoms with Gasteiger partial charge in [0.15, 0.2) is 0 Å². The SMILES string of the molecule is CN(CCNC1CC1)Cc1ccc2c(c1)COC2. The molecule has 0 bridgehead atoms. The first-order valence-corrected chi connectivity index (χ1v) is 6.91. The Balaban J connectivity index is 1.48. The monoisotopic (exact) mass is 246 g/mol. The standard InChI is InChI=1S/C15H22N2O/c1-17(7-6-16-15-4-5-15)9-12-2-3-13-10-18-11-14(13)8-12/h2-3,8,15-16H,4-7,9-11H2,1H3. The van der Waals surface area contributed by atoms with E-state index in [1.807, 2.05) is 0 Å². The largest absolute Gasteiger partial charge is 0.372 e. The van der Waals surface area contributed by atoms with Crippen LogP contribution in [-0.4, -0.2) is 31.1 Å². The molecule has 1 fully saturated rings. The third kappa shape index (κ3) is 3.10. The Hall–Kier alpha value is -0.900. The van der Waals surface area contributed by atoms with Crippen molar-refractivity contribution in [3.8, 4) is 0 Å². The molecule has 0 unspecified atom stereocenters. The fourth-order valence-electron chi connectivity index (χ4n) is 2.46. The summed E-state index contributed by atoms with van der Waals surface area (Å²) in [6, 6.07) is 7.56. The maximum atomic E-state index is 5.45. The van der Waals surface area contributed by atoms with Crippen molar-refractivity contribution in [2.24, 2.45) is 0 Å². The number of hydrogen-bond donors (Lipinski definition) is 1. The molecule has 1 aromatic carbocycles. The zero-order chi connectivity index (χ0) is 12.4. The van der Waals surface area contributed by atoms with E-state index in [0.29, 0.717) is 0 Å². The van der Waals surface area contributed by atoms with Crippen molar-refractivity contribution in [1.82, 2.24) is 10.2 Å². The molecule has 0 aromatic heterocycles. The number of nitrogens with zero attached hydrogens (tertiary/aromatic N) is 1. The third-order valence-electron chi connectivity index (χ3n) is 3.74. The van der Waals surface area contributed by atoms with E-state index in [1.54, 1.807) is 0 Å². The van der Waals surface area contributed by atoms with Crippen LogP contribution in [0.2, 0.25) is 0 Å². The van der Waals surface area contributed by atoms with Gasteiger partial charge in [-0.3, -0.25) is 0 Å². The lowest BCUT2D eigenvalue weighted by Crippen LogP contribution is -2.30. The van der Waals surface area contributed by atoms with E-state index in [0.717, 1.165) is 38.9 Å². The first kappa shape index (κ1) is 12.2. The number of nitrogens with one attached hydrogen (secondary N) is 1. The van der Waals surface area contributed by atoms with Gasteiger partial charge in [-0.05, 0) is 36.6 Å². The molecule has 0 amide bonds. The van der Waals surface area contributed by atoms with Crippen molar-refractivity contribution in [3.05, 3.63) is 34.9 Å². The second-order valence-electron chi connectivity index (χ2n) is 5.56. The molecule has 1 heterocycles. The maximum absolute atomic E-state index is 5.45. The lowest BCUT2D eigenvalue weighted by molar-refractivity contribution is 0.134. The summed E-state index contributed by atoms with van der Waals surface area (Å²) in [4.78, 5) is 2.38. The fraction of sp³-hybridized carbons (Fsp3) is 0.600. The van der Waals surface area contributed by atoms with Crippen LogP contribution in [0.15, 0.2) is 18.2 Å². The van der Waals surface area contributed by atoms with Gasteiger partial charge < -0.3 is 15.0 Å². The Morgan fingerprint density at radius 2 is 2.11 bits per heavy atom. The number of rotatable bonds is 6. The summed E-state index contributed by atoms with van der Waals surface area (Å²) in [5.41, 5.74) is 4.13. The van der Waals surface area contributed by atoms with Crippen molar-refractivity contribution in [1.29, 1.82) is 0 Å². The van der Waals surface area contributed by atoms with Gasteiger partial charge in [-0.1, -0.05) is 18.2 Å². The molecule has 1 N–H and O–H groups in total. The van der Waals surface area contributed by atoms with E-state index in [1.165, 1.54) is 29.5 Å². The number of fused-ring (bicyclic) bond motifs is 1. The lowest BCUT2D eigenvalue weighted by atomic mass is 10.1. The van der Waals surface area contributed by atoms with Crippen LogP contribution in [0.25, 0.3) is 0 Å². The van der Waals surface area contributed by atoms with E-state index in [-0.39, 0.29) is 0 Å². The molecule has 18 heavy (non-hydrogen) atoms.